The molecule has 4 heteroatoms. The molecular weight excluding hydrogens is 233 g/mol. The zero-order valence-electron chi connectivity index (χ0n) is 10.4. The van der Waals surface area contributed by atoms with Gasteiger partial charge in [0.05, 0.1) is 5.56 Å². The summed E-state index contributed by atoms with van der Waals surface area (Å²) in [5.41, 5.74) is -0.00873. The van der Waals surface area contributed by atoms with Crippen LogP contribution in [-0.4, -0.2) is 17.1 Å². The minimum absolute atomic E-state index is 0.00873. The van der Waals surface area contributed by atoms with Gasteiger partial charge < -0.3 is 10.4 Å². The first kappa shape index (κ1) is 12.9. The van der Waals surface area contributed by atoms with Crippen molar-refractivity contribution in [1.29, 1.82) is 0 Å². The lowest BCUT2D eigenvalue weighted by Gasteiger charge is -2.29. The van der Waals surface area contributed by atoms with Gasteiger partial charge in [-0.3, -0.25) is 4.79 Å². The maximum atomic E-state index is 13.5. The van der Waals surface area contributed by atoms with Crippen LogP contribution in [0, 0.1) is 11.7 Å². The highest BCUT2D eigenvalue weighted by Crippen LogP contribution is 2.24. The number of halogens is 1. The lowest BCUT2D eigenvalue weighted by atomic mass is 9.86. The highest BCUT2D eigenvalue weighted by Gasteiger charge is 2.24. The molecule has 0 saturated heterocycles. The minimum atomic E-state index is -0.684. The van der Waals surface area contributed by atoms with Crippen molar-refractivity contribution in [3.05, 3.63) is 29.6 Å². The Kier molecular flexibility index (Phi) is 3.84. The van der Waals surface area contributed by atoms with Gasteiger partial charge in [0.15, 0.2) is 0 Å². The van der Waals surface area contributed by atoms with Gasteiger partial charge in [0.1, 0.15) is 11.6 Å². The van der Waals surface area contributed by atoms with Crippen LogP contribution in [0.1, 0.15) is 43.0 Å². The van der Waals surface area contributed by atoms with Crippen LogP contribution in [-0.2, 0) is 0 Å². The molecule has 0 bridgehead atoms. The highest BCUT2D eigenvalue weighted by atomic mass is 19.1. The van der Waals surface area contributed by atoms with Gasteiger partial charge in [-0.1, -0.05) is 19.8 Å². The smallest absolute Gasteiger partial charge is 0.254 e. The van der Waals surface area contributed by atoms with E-state index < -0.39 is 11.7 Å². The fourth-order valence-corrected chi connectivity index (χ4v) is 2.46. The zero-order chi connectivity index (χ0) is 13.1. The molecule has 1 aliphatic carbocycles. The molecule has 2 N–H and O–H groups in total. The van der Waals surface area contributed by atoms with E-state index in [1.165, 1.54) is 18.6 Å². The molecule has 1 saturated carbocycles. The Hall–Kier alpha value is -1.58. The van der Waals surface area contributed by atoms with Gasteiger partial charge >= 0.3 is 0 Å². The molecule has 3 nitrogen and oxygen atoms in total. The van der Waals surface area contributed by atoms with Gasteiger partial charge in [-0.15, -0.1) is 0 Å². The van der Waals surface area contributed by atoms with Crippen molar-refractivity contribution in [2.75, 3.05) is 0 Å². The van der Waals surface area contributed by atoms with Crippen LogP contribution in [0.2, 0.25) is 0 Å². The van der Waals surface area contributed by atoms with E-state index in [2.05, 4.69) is 12.2 Å². The topological polar surface area (TPSA) is 49.3 Å². The van der Waals surface area contributed by atoms with Crippen LogP contribution in [0.4, 0.5) is 4.39 Å². The lowest BCUT2D eigenvalue weighted by Crippen LogP contribution is -2.41. The van der Waals surface area contributed by atoms with Crippen molar-refractivity contribution in [3.8, 4) is 5.75 Å². The first-order chi connectivity index (χ1) is 8.58. The van der Waals surface area contributed by atoms with Crippen molar-refractivity contribution in [1.82, 2.24) is 5.32 Å². The summed E-state index contributed by atoms with van der Waals surface area (Å²) in [4.78, 5) is 12.0. The summed E-state index contributed by atoms with van der Waals surface area (Å²) in [6, 6.07) is 3.72. The second kappa shape index (κ2) is 5.38. The van der Waals surface area contributed by atoms with Gasteiger partial charge in [-0.25, -0.2) is 4.39 Å². The second-order valence-electron chi connectivity index (χ2n) is 5.01. The van der Waals surface area contributed by atoms with E-state index in [9.17, 15) is 9.18 Å². The molecule has 1 aromatic carbocycles. The molecule has 0 heterocycles. The molecule has 18 heavy (non-hydrogen) atoms. The third-order valence-electron chi connectivity index (χ3n) is 3.63. The molecule has 2 atom stereocenters. The van der Waals surface area contributed by atoms with Crippen LogP contribution in [0.3, 0.4) is 0 Å². The van der Waals surface area contributed by atoms with E-state index >= 15 is 0 Å². The average Bonchev–Trinajstić information content (AvgIpc) is 2.32. The number of carbonyl (C=O) groups excluding carboxylic acids is 1. The Labute approximate surface area is 106 Å². The van der Waals surface area contributed by atoms with Gasteiger partial charge in [-0.05, 0) is 30.9 Å². The third-order valence-corrected chi connectivity index (χ3v) is 3.63. The van der Waals surface area contributed by atoms with Crippen LogP contribution >= 0.6 is 0 Å². The number of aromatic hydroxyl groups is 1. The molecule has 1 fully saturated rings. The van der Waals surface area contributed by atoms with E-state index in [1.54, 1.807) is 0 Å². The van der Waals surface area contributed by atoms with Crippen LogP contribution in [0.5, 0.6) is 5.75 Å². The van der Waals surface area contributed by atoms with Gasteiger partial charge in [-0.2, -0.15) is 0 Å². The average molecular weight is 251 g/mol. The molecule has 2 rings (SSSR count). The van der Waals surface area contributed by atoms with Crippen molar-refractivity contribution in [3.63, 3.8) is 0 Å². The Morgan fingerprint density at radius 1 is 1.39 bits per heavy atom. The minimum Gasteiger partial charge on any atom is -0.508 e. The molecular formula is C14H18FNO2. The molecule has 1 aromatic rings. The van der Waals surface area contributed by atoms with Crippen LogP contribution in [0.15, 0.2) is 18.2 Å². The summed E-state index contributed by atoms with van der Waals surface area (Å²) in [6.07, 6.45) is 4.35. The van der Waals surface area contributed by atoms with E-state index in [0.717, 1.165) is 25.3 Å². The Bertz CT molecular complexity index is 447. The Balaban J connectivity index is 2.07. The first-order valence-corrected chi connectivity index (χ1v) is 6.37. The third kappa shape index (κ3) is 2.81. The molecule has 0 aliphatic heterocycles. The normalized spacial score (nSPS) is 23.7. The lowest BCUT2D eigenvalue weighted by molar-refractivity contribution is 0.0906. The van der Waals surface area contributed by atoms with Gasteiger partial charge in [0.2, 0.25) is 0 Å². The van der Waals surface area contributed by atoms with E-state index in [-0.39, 0.29) is 17.4 Å². The van der Waals surface area contributed by atoms with Crippen molar-refractivity contribution in [2.45, 2.75) is 38.6 Å². The fourth-order valence-electron chi connectivity index (χ4n) is 2.46. The number of phenols is 1. The number of amides is 1. The van der Waals surface area contributed by atoms with Gasteiger partial charge in [0.25, 0.3) is 5.91 Å². The summed E-state index contributed by atoms with van der Waals surface area (Å²) >= 11 is 0. The maximum Gasteiger partial charge on any atom is 0.254 e. The Morgan fingerprint density at radius 2 is 2.11 bits per heavy atom. The number of phenolic OH excluding ortho intramolecular Hbond substituents is 1. The number of benzene rings is 1. The predicted molar refractivity (Wildman–Crippen MR) is 67.0 cm³/mol. The maximum absolute atomic E-state index is 13.5. The Morgan fingerprint density at radius 3 is 2.78 bits per heavy atom. The SMILES string of the molecule is CC1CCCCC1NC(=O)c1ccc(O)cc1F. The van der Waals surface area contributed by atoms with Gasteiger partial charge in [0, 0.05) is 12.1 Å². The molecule has 2 unspecified atom stereocenters. The quantitative estimate of drug-likeness (QED) is 0.849. The molecule has 1 aliphatic rings. The zero-order valence-corrected chi connectivity index (χ0v) is 10.4. The first-order valence-electron chi connectivity index (χ1n) is 6.37. The number of carbonyl (C=O) groups is 1. The van der Waals surface area contributed by atoms with Crippen molar-refractivity contribution >= 4 is 5.91 Å². The second-order valence-corrected chi connectivity index (χ2v) is 5.01. The van der Waals surface area contributed by atoms with Crippen LogP contribution < -0.4 is 5.32 Å². The van der Waals surface area contributed by atoms with Crippen LogP contribution in [0.25, 0.3) is 0 Å². The van der Waals surface area contributed by atoms with E-state index in [4.69, 9.17) is 5.11 Å². The van der Waals surface area contributed by atoms with Crippen molar-refractivity contribution in [2.24, 2.45) is 5.92 Å². The van der Waals surface area contributed by atoms with E-state index in [1.807, 2.05) is 0 Å². The summed E-state index contributed by atoms with van der Waals surface area (Å²) in [7, 11) is 0. The molecule has 98 valence electrons. The van der Waals surface area contributed by atoms with E-state index in [0.29, 0.717) is 5.92 Å². The standard InChI is InChI=1S/C14H18FNO2/c1-9-4-2-3-5-13(9)16-14(18)11-7-6-10(17)8-12(11)15/h6-9,13,17H,2-5H2,1H3,(H,16,18). The van der Waals surface area contributed by atoms with Crippen molar-refractivity contribution < 1.29 is 14.3 Å². The number of hydrogen-bond donors (Lipinski definition) is 2. The monoisotopic (exact) mass is 251 g/mol. The predicted octanol–water partition coefficient (Wildman–Crippen LogP) is 2.84. The summed E-state index contributed by atoms with van der Waals surface area (Å²) in [6.45, 7) is 2.11. The highest BCUT2D eigenvalue weighted by molar-refractivity contribution is 5.94. The molecule has 0 spiro atoms. The summed E-state index contributed by atoms with van der Waals surface area (Å²) in [5, 5.41) is 12.0. The largest absolute Gasteiger partial charge is 0.508 e. The fraction of sp³-hybridized carbons (Fsp3) is 0.500. The molecule has 1 amide bonds. The molecule has 0 aromatic heterocycles. The number of rotatable bonds is 2. The molecule has 0 radical (unpaired) electrons. The summed E-state index contributed by atoms with van der Waals surface area (Å²) < 4.78 is 13.5. The number of nitrogens with one attached hydrogen (secondary N) is 1. The summed E-state index contributed by atoms with van der Waals surface area (Å²) in [5.74, 6) is -0.819. The number of hydrogen-bond acceptors (Lipinski definition) is 2.